The number of hydrogen-bond donors (Lipinski definition) is 3. The molecule has 8 nitrogen and oxygen atoms in total. The quantitative estimate of drug-likeness (QED) is 0.330. The predicted octanol–water partition coefficient (Wildman–Crippen LogP) is 1.14. The summed E-state index contributed by atoms with van der Waals surface area (Å²) in [5, 5.41) is 21.1. The highest BCUT2D eigenvalue weighted by Gasteiger charge is 2.15. The highest BCUT2D eigenvalue weighted by Crippen LogP contribution is 2.23. The van der Waals surface area contributed by atoms with Crippen LogP contribution in [0, 0.1) is 15.5 Å². The van der Waals surface area contributed by atoms with Crippen molar-refractivity contribution in [1.82, 2.24) is 9.88 Å². The van der Waals surface area contributed by atoms with Gasteiger partial charge in [0.2, 0.25) is 0 Å². The molecule has 1 aromatic heterocycles. The van der Waals surface area contributed by atoms with E-state index in [0.29, 0.717) is 11.1 Å². The Morgan fingerprint density at radius 3 is 2.81 bits per heavy atom. The molecule has 0 spiro atoms. The van der Waals surface area contributed by atoms with Crippen molar-refractivity contribution in [2.45, 2.75) is 6.42 Å². The summed E-state index contributed by atoms with van der Waals surface area (Å²) in [6.45, 7) is 0.274. The molecule has 0 radical (unpaired) electrons. The van der Waals surface area contributed by atoms with Crippen LogP contribution in [0.2, 0.25) is 0 Å². The van der Waals surface area contributed by atoms with Crippen molar-refractivity contribution in [2.24, 2.45) is 12.8 Å². The van der Waals surface area contributed by atoms with Gasteiger partial charge in [-0.2, -0.15) is 0 Å². The minimum absolute atomic E-state index is 0.00275. The summed E-state index contributed by atoms with van der Waals surface area (Å²) in [4.78, 5) is 22.3. The molecular formula is C13H15N5O3. The number of amidine groups is 1. The molecule has 0 fully saturated rings. The lowest BCUT2D eigenvalue weighted by molar-refractivity contribution is -0.384. The van der Waals surface area contributed by atoms with E-state index in [9.17, 15) is 14.9 Å². The van der Waals surface area contributed by atoms with Gasteiger partial charge in [-0.3, -0.25) is 20.3 Å². The number of benzene rings is 1. The van der Waals surface area contributed by atoms with E-state index in [1.807, 2.05) is 0 Å². The van der Waals surface area contributed by atoms with Crippen LogP contribution >= 0.6 is 0 Å². The van der Waals surface area contributed by atoms with Gasteiger partial charge >= 0.3 is 0 Å². The number of rotatable bonds is 5. The molecule has 2 rings (SSSR count). The number of aromatic nitrogens is 1. The summed E-state index contributed by atoms with van der Waals surface area (Å²) < 4.78 is 1.67. The van der Waals surface area contributed by atoms with Gasteiger partial charge in [-0.25, -0.2) is 0 Å². The van der Waals surface area contributed by atoms with Crippen LogP contribution in [-0.2, 0) is 7.05 Å². The number of hydrogen-bond acceptors (Lipinski definition) is 4. The SMILES string of the molecule is Cn1c(C(=O)NCCC(=N)N)cc2cc([N+](=O)[O-])ccc21. The Bertz CT molecular complexity index is 735. The van der Waals surface area contributed by atoms with Crippen molar-refractivity contribution in [3.05, 3.63) is 40.1 Å². The first-order valence-electron chi connectivity index (χ1n) is 6.25. The van der Waals surface area contributed by atoms with Gasteiger partial charge in [-0.1, -0.05) is 0 Å². The van der Waals surface area contributed by atoms with E-state index in [4.69, 9.17) is 11.1 Å². The average molecular weight is 289 g/mol. The van der Waals surface area contributed by atoms with Crippen LogP contribution < -0.4 is 11.1 Å². The lowest BCUT2D eigenvalue weighted by atomic mass is 10.2. The molecule has 1 aromatic carbocycles. The van der Waals surface area contributed by atoms with Gasteiger partial charge in [0.15, 0.2) is 0 Å². The fraction of sp³-hybridized carbons (Fsp3) is 0.231. The zero-order chi connectivity index (χ0) is 15.6. The molecule has 0 aliphatic carbocycles. The molecule has 21 heavy (non-hydrogen) atoms. The third-order valence-electron chi connectivity index (χ3n) is 3.15. The Hall–Kier alpha value is -2.90. The van der Waals surface area contributed by atoms with Gasteiger partial charge in [0.05, 0.1) is 10.8 Å². The molecule has 1 amide bonds. The Kier molecular flexibility index (Phi) is 3.88. The van der Waals surface area contributed by atoms with Crippen molar-refractivity contribution < 1.29 is 9.72 Å². The van der Waals surface area contributed by atoms with E-state index in [1.54, 1.807) is 23.7 Å². The fourth-order valence-corrected chi connectivity index (χ4v) is 2.07. The van der Waals surface area contributed by atoms with Gasteiger partial charge in [0, 0.05) is 43.0 Å². The molecule has 8 heteroatoms. The molecule has 0 aliphatic heterocycles. The first-order chi connectivity index (χ1) is 9.90. The van der Waals surface area contributed by atoms with Crippen LogP contribution in [-0.4, -0.2) is 27.8 Å². The number of nitrogens with two attached hydrogens (primary N) is 1. The first-order valence-corrected chi connectivity index (χ1v) is 6.25. The van der Waals surface area contributed by atoms with Crippen LogP contribution in [0.1, 0.15) is 16.9 Å². The minimum atomic E-state index is -0.473. The number of nitro benzene ring substituents is 1. The summed E-state index contributed by atoms with van der Waals surface area (Å²) in [7, 11) is 1.72. The van der Waals surface area contributed by atoms with E-state index in [1.165, 1.54) is 12.1 Å². The molecule has 0 aliphatic rings. The zero-order valence-electron chi connectivity index (χ0n) is 11.4. The second kappa shape index (κ2) is 5.61. The van der Waals surface area contributed by atoms with Crippen molar-refractivity contribution >= 4 is 28.3 Å². The predicted molar refractivity (Wildman–Crippen MR) is 78.4 cm³/mol. The Labute approximate surface area is 120 Å². The average Bonchev–Trinajstić information content (AvgIpc) is 2.75. The number of non-ortho nitro benzene ring substituents is 1. The summed E-state index contributed by atoms with van der Waals surface area (Å²) in [6.07, 6.45) is 0.279. The van der Waals surface area contributed by atoms with E-state index < -0.39 is 4.92 Å². The molecule has 110 valence electrons. The molecule has 0 saturated heterocycles. The van der Waals surface area contributed by atoms with Crippen LogP contribution in [0.4, 0.5) is 5.69 Å². The van der Waals surface area contributed by atoms with Crippen molar-refractivity contribution in [3.63, 3.8) is 0 Å². The number of nitro groups is 1. The number of fused-ring (bicyclic) bond motifs is 1. The molecule has 0 unspecified atom stereocenters. The smallest absolute Gasteiger partial charge is 0.270 e. The van der Waals surface area contributed by atoms with Crippen LogP contribution in [0.3, 0.4) is 0 Å². The fourth-order valence-electron chi connectivity index (χ4n) is 2.07. The van der Waals surface area contributed by atoms with E-state index in [-0.39, 0.29) is 30.4 Å². The molecule has 0 atom stereocenters. The van der Waals surface area contributed by atoms with E-state index >= 15 is 0 Å². The van der Waals surface area contributed by atoms with E-state index in [2.05, 4.69) is 5.32 Å². The maximum atomic E-state index is 12.1. The largest absolute Gasteiger partial charge is 0.388 e. The summed E-state index contributed by atoms with van der Waals surface area (Å²) in [5.74, 6) is -0.305. The van der Waals surface area contributed by atoms with Gasteiger partial charge < -0.3 is 15.6 Å². The Morgan fingerprint density at radius 2 is 2.19 bits per heavy atom. The third kappa shape index (κ3) is 2.99. The zero-order valence-corrected chi connectivity index (χ0v) is 11.4. The summed E-state index contributed by atoms with van der Waals surface area (Å²) in [5.41, 5.74) is 6.33. The lowest BCUT2D eigenvalue weighted by Gasteiger charge is -2.05. The molecule has 0 bridgehead atoms. The molecule has 2 aromatic rings. The topological polar surface area (TPSA) is 127 Å². The number of nitrogens with one attached hydrogen (secondary N) is 2. The molecule has 4 N–H and O–H groups in total. The Morgan fingerprint density at radius 1 is 1.48 bits per heavy atom. The normalized spacial score (nSPS) is 10.5. The van der Waals surface area contributed by atoms with Crippen molar-refractivity contribution in [3.8, 4) is 0 Å². The summed E-state index contributed by atoms with van der Waals surface area (Å²) in [6, 6.07) is 6.05. The van der Waals surface area contributed by atoms with E-state index in [0.717, 1.165) is 5.52 Å². The maximum absolute atomic E-state index is 12.1. The second-order valence-corrected chi connectivity index (χ2v) is 4.62. The summed E-state index contributed by atoms with van der Waals surface area (Å²) >= 11 is 0. The number of amides is 1. The van der Waals surface area contributed by atoms with Crippen LogP contribution in [0.5, 0.6) is 0 Å². The Balaban J connectivity index is 2.28. The minimum Gasteiger partial charge on any atom is -0.388 e. The molecule has 1 heterocycles. The third-order valence-corrected chi connectivity index (χ3v) is 3.15. The highest BCUT2D eigenvalue weighted by molar-refractivity contribution is 5.99. The standard InChI is InChI=1S/C13H15N5O3/c1-17-10-3-2-9(18(20)21)6-8(10)7-11(17)13(19)16-5-4-12(14)15/h2-3,6-7H,4-5H2,1H3,(H3,14,15)(H,16,19). The first kappa shape index (κ1) is 14.5. The van der Waals surface area contributed by atoms with Crippen molar-refractivity contribution in [2.75, 3.05) is 6.54 Å². The van der Waals surface area contributed by atoms with Crippen molar-refractivity contribution in [1.29, 1.82) is 5.41 Å². The maximum Gasteiger partial charge on any atom is 0.270 e. The van der Waals surface area contributed by atoms with Crippen LogP contribution in [0.15, 0.2) is 24.3 Å². The van der Waals surface area contributed by atoms with Gasteiger partial charge in [-0.05, 0) is 12.1 Å². The lowest BCUT2D eigenvalue weighted by Crippen LogP contribution is -2.28. The number of carbonyl (C=O) groups is 1. The van der Waals surface area contributed by atoms with Crippen LogP contribution in [0.25, 0.3) is 10.9 Å². The molecular weight excluding hydrogens is 274 g/mol. The van der Waals surface area contributed by atoms with Gasteiger partial charge in [-0.15, -0.1) is 0 Å². The monoisotopic (exact) mass is 289 g/mol. The second-order valence-electron chi connectivity index (χ2n) is 4.62. The highest BCUT2D eigenvalue weighted by atomic mass is 16.6. The van der Waals surface area contributed by atoms with Gasteiger partial charge in [0.25, 0.3) is 11.6 Å². The number of nitrogens with zero attached hydrogens (tertiary/aromatic N) is 2. The number of aryl methyl sites for hydroxylation is 1. The van der Waals surface area contributed by atoms with Gasteiger partial charge in [0.1, 0.15) is 5.69 Å². The molecule has 0 saturated carbocycles. The number of carbonyl (C=O) groups excluding carboxylic acids is 1.